The van der Waals surface area contributed by atoms with E-state index in [-0.39, 0.29) is 24.9 Å². The van der Waals surface area contributed by atoms with Crippen LogP contribution in [-0.2, 0) is 22.5 Å². The lowest BCUT2D eigenvalue weighted by molar-refractivity contribution is -0.132. The Kier molecular flexibility index (Phi) is 10.8. The Morgan fingerprint density at radius 3 is 2.32 bits per heavy atom. The van der Waals surface area contributed by atoms with Gasteiger partial charge in [0.1, 0.15) is 23.9 Å². The molecule has 1 saturated heterocycles. The lowest BCUT2D eigenvalue weighted by Crippen LogP contribution is -2.47. The molecular formula is C31H38FN3O6. The Labute approximate surface area is 240 Å². The van der Waals surface area contributed by atoms with Crippen molar-refractivity contribution in [1.29, 1.82) is 0 Å². The number of amides is 2. The van der Waals surface area contributed by atoms with Gasteiger partial charge in [-0.15, -0.1) is 0 Å². The average Bonchev–Trinajstić information content (AvgIpc) is 3.41. The van der Waals surface area contributed by atoms with Crippen molar-refractivity contribution in [3.63, 3.8) is 0 Å². The smallest absolute Gasteiger partial charge is 0.254 e. The summed E-state index contributed by atoms with van der Waals surface area (Å²) >= 11 is 0. The fraction of sp³-hybridized carbons (Fsp3) is 0.419. The number of rotatable bonds is 13. The van der Waals surface area contributed by atoms with Crippen molar-refractivity contribution in [2.45, 2.75) is 19.9 Å². The Balaban J connectivity index is 1.51. The number of morpholine rings is 1. The van der Waals surface area contributed by atoms with E-state index in [1.165, 1.54) is 24.3 Å². The summed E-state index contributed by atoms with van der Waals surface area (Å²) in [6, 6.07) is 14.8. The van der Waals surface area contributed by atoms with Gasteiger partial charge >= 0.3 is 0 Å². The first-order chi connectivity index (χ1) is 19.9. The van der Waals surface area contributed by atoms with Crippen LogP contribution in [0.3, 0.4) is 0 Å². The molecule has 2 amide bonds. The van der Waals surface area contributed by atoms with E-state index in [4.69, 9.17) is 18.6 Å². The molecular weight excluding hydrogens is 529 g/mol. The number of hydrogen-bond donors (Lipinski definition) is 0. The van der Waals surface area contributed by atoms with E-state index in [1.54, 1.807) is 24.0 Å². The van der Waals surface area contributed by atoms with Crippen molar-refractivity contribution < 1.29 is 32.6 Å². The minimum Gasteiger partial charge on any atom is -0.493 e. The summed E-state index contributed by atoms with van der Waals surface area (Å²) in [5.41, 5.74) is 1.31. The van der Waals surface area contributed by atoms with Gasteiger partial charge in [-0.3, -0.25) is 14.5 Å². The van der Waals surface area contributed by atoms with Gasteiger partial charge in [0, 0.05) is 38.3 Å². The fourth-order valence-electron chi connectivity index (χ4n) is 4.73. The molecule has 1 aliphatic heterocycles. The number of carbonyl (C=O) groups is 2. The van der Waals surface area contributed by atoms with Gasteiger partial charge in [-0.1, -0.05) is 6.07 Å². The average molecular weight is 568 g/mol. The largest absolute Gasteiger partial charge is 0.493 e. The molecule has 220 valence electrons. The van der Waals surface area contributed by atoms with Gasteiger partial charge in [0.2, 0.25) is 5.91 Å². The summed E-state index contributed by atoms with van der Waals surface area (Å²) in [5, 5.41) is 0. The Hall–Kier alpha value is -3.89. The highest BCUT2D eigenvalue weighted by Gasteiger charge is 2.24. The van der Waals surface area contributed by atoms with Gasteiger partial charge in [-0.2, -0.15) is 0 Å². The monoisotopic (exact) mass is 567 g/mol. The minimum atomic E-state index is -0.424. The van der Waals surface area contributed by atoms with Crippen LogP contribution in [0.5, 0.6) is 11.5 Å². The summed E-state index contributed by atoms with van der Waals surface area (Å²) in [6.45, 7) is 6.16. The summed E-state index contributed by atoms with van der Waals surface area (Å²) in [7, 11) is 3.17. The highest BCUT2D eigenvalue weighted by Crippen LogP contribution is 2.28. The summed E-state index contributed by atoms with van der Waals surface area (Å²) in [5.74, 6) is 1.71. The number of halogens is 1. The van der Waals surface area contributed by atoms with Crippen LogP contribution in [0.25, 0.3) is 0 Å². The number of aryl methyl sites for hydroxylation is 1. The van der Waals surface area contributed by atoms with Gasteiger partial charge in [0.15, 0.2) is 11.5 Å². The Morgan fingerprint density at radius 2 is 1.66 bits per heavy atom. The zero-order valence-corrected chi connectivity index (χ0v) is 23.9. The molecule has 9 nitrogen and oxygen atoms in total. The first-order valence-corrected chi connectivity index (χ1v) is 13.7. The maximum atomic E-state index is 13.8. The van der Waals surface area contributed by atoms with Crippen LogP contribution < -0.4 is 9.47 Å². The number of carbonyl (C=O) groups excluding carboxylic acids is 2. The van der Waals surface area contributed by atoms with Crippen molar-refractivity contribution in [1.82, 2.24) is 14.7 Å². The van der Waals surface area contributed by atoms with Gasteiger partial charge in [0.25, 0.3) is 5.91 Å². The second kappa shape index (κ2) is 14.7. The molecule has 1 aliphatic rings. The van der Waals surface area contributed by atoms with E-state index < -0.39 is 5.82 Å². The van der Waals surface area contributed by atoms with E-state index in [0.29, 0.717) is 62.1 Å². The normalized spacial score (nSPS) is 13.6. The second-order valence-electron chi connectivity index (χ2n) is 9.95. The predicted octanol–water partition coefficient (Wildman–Crippen LogP) is 3.79. The van der Waals surface area contributed by atoms with Gasteiger partial charge in [-0.25, -0.2) is 4.39 Å². The molecule has 2 aromatic carbocycles. The molecule has 0 bridgehead atoms. The van der Waals surface area contributed by atoms with Crippen molar-refractivity contribution >= 4 is 11.8 Å². The molecule has 0 aliphatic carbocycles. The Morgan fingerprint density at radius 1 is 0.927 bits per heavy atom. The number of methoxy groups -OCH3 is 2. The van der Waals surface area contributed by atoms with Crippen molar-refractivity contribution in [3.8, 4) is 11.5 Å². The van der Waals surface area contributed by atoms with Crippen LogP contribution in [0.1, 0.15) is 27.4 Å². The van der Waals surface area contributed by atoms with Gasteiger partial charge in [0.05, 0.1) is 34.0 Å². The third-order valence-corrected chi connectivity index (χ3v) is 7.11. The lowest BCUT2D eigenvalue weighted by atomic mass is 10.1. The standard InChI is InChI=1S/C31H38FN3O6/c1-23-4-10-27(41-23)21-34(13-12-24-5-11-28(38-2)29(20-24)39-3)30(36)22-35(15-14-33-16-18-40-19-17-33)31(37)25-6-8-26(32)9-7-25/h4-11,20H,12-19,21-22H2,1-3H3. The molecule has 1 fully saturated rings. The molecule has 10 heteroatoms. The molecule has 0 radical (unpaired) electrons. The molecule has 0 saturated carbocycles. The summed E-state index contributed by atoms with van der Waals surface area (Å²) < 4.78 is 35.5. The van der Waals surface area contributed by atoms with Crippen molar-refractivity contribution in [2.75, 3.05) is 66.7 Å². The third kappa shape index (κ3) is 8.55. The molecule has 0 unspecified atom stereocenters. The van der Waals surface area contributed by atoms with E-state index in [9.17, 15) is 14.0 Å². The number of benzene rings is 2. The number of furan rings is 1. The highest BCUT2D eigenvalue weighted by atomic mass is 19.1. The molecule has 3 aromatic rings. The van der Waals surface area contributed by atoms with Crippen LogP contribution in [0.15, 0.2) is 59.0 Å². The fourth-order valence-corrected chi connectivity index (χ4v) is 4.73. The number of ether oxygens (including phenoxy) is 3. The summed E-state index contributed by atoms with van der Waals surface area (Å²) in [4.78, 5) is 32.8. The van der Waals surface area contributed by atoms with Crippen LogP contribution >= 0.6 is 0 Å². The second-order valence-corrected chi connectivity index (χ2v) is 9.95. The molecule has 2 heterocycles. The third-order valence-electron chi connectivity index (χ3n) is 7.11. The Bertz CT molecular complexity index is 1290. The van der Waals surface area contributed by atoms with E-state index in [2.05, 4.69) is 4.90 Å². The van der Waals surface area contributed by atoms with Crippen LogP contribution in [0.2, 0.25) is 0 Å². The quantitative estimate of drug-likeness (QED) is 0.311. The zero-order chi connectivity index (χ0) is 29.2. The van der Waals surface area contributed by atoms with Crippen LogP contribution in [-0.4, -0.2) is 93.2 Å². The SMILES string of the molecule is COc1ccc(CCN(Cc2ccc(C)o2)C(=O)CN(CCN2CCOCC2)C(=O)c2ccc(F)cc2)cc1OC. The predicted molar refractivity (Wildman–Crippen MR) is 152 cm³/mol. The topological polar surface area (TPSA) is 84.7 Å². The van der Waals surface area contributed by atoms with Gasteiger partial charge < -0.3 is 28.4 Å². The van der Waals surface area contributed by atoms with Crippen LogP contribution in [0.4, 0.5) is 4.39 Å². The van der Waals surface area contributed by atoms with E-state index in [0.717, 1.165) is 24.4 Å². The maximum Gasteiger partial charge on any atom is 0.254 e. The molecule has 41 heavy (non-hydrogen) atoms. The minimum absolute atomic E-state index is 0.119. The summed E-state index contributed by atoms with van der Waals surface area (Å²) in [6.07, 6.45) is 0.561. The molecule has 1 aromatic heterocycles. The van der Waals surface area contributed by atoms with Crippen molar-refractivity contribution in [2.24, 2.45) is 0 Å². The molecule has 0 N–H and O–H groups in total. The first kappa shape index (κ1) is 30.1. The molecule has 4 rings (SSSR count). The first-order valence-electron chi connectivity index (χ1n) is 13.7. The molecule has 0 spiro atoms. The number of nitrogens with zero attached hydrogens (tertiary/aromatic N) is 3. The number of hydrogen-bond acceptors (Lipinski definition) is 7. The lowest BCUT2D eigenvalue weighted by Gasteiger charge is -2.31. The van der Waals surface area contributed by atoms with Crippen LogP contribution in [0, 0.1) is 12.7 Å². The van der Waals surface area contributed by atoms with Crippen molar-refractivity contribution in [3.05, 3.63) is 83.1 Å². The zero-order valence-electron chi connectivity index (χ0n) is 23.9. The molecule has 0 atom stereocenters. The van der Waals surface area contributed by atoms with Gasteiger partial charge in [-0.05, 0) is 67.4 Å². The van der Waals surface area contributed by atoms with E-state index >= 15 is 0 Å². The maximum absolute atomic E-state index is 13.8. The highest BCUT2D eigenvalue weighted by molar-refractivity contribution is 5.96. The van der Waals surface area contributed by atoms with E-state index in [1.807, 2.05) is 37.3 Å².